The molecule has 0 aromatic heterocycles. The molecular formula is C15H23N3OS. The Hall–Kier alpha value is -1.33. The zero-order chi connectivity index (χ0) is 14.5. The second-order valence-electron chi connectivity index (χ2n) is 5.38. The SMILES string of the molecule is COc1ccc(C)cc1NC(=S)NC1CCN(C)CC1. The van der Waals surface area contributed by atoms with Crippen LogP contribution in [0.5, 0.6) is 5.75 Å². The zero-order valence-electron chi connectivity index (χ0n) is 12.4. The molecule has 0 amide bonds. The topological polar surface area (TPSA) is 36.5 Å². The first-order valence-electron chi connectivity index (χ1n) is 6.99. The Morgan fingerprint density at radius 2 is 2.05 bits per heavy atom. The average Bonchev–Trinajstić information content (AvgIpc) is 2.41. The van der Waals surface area contributed by atoms with Crippen LogP contribution in [-0.2, 0) is 0 Å². The molecular weight excluding hydrogens is 270 g/mol. The predicted octanol–water partition coefficient (Wildman–Crippen LogP) is 2.38. The molecule has 0 atom stereocenters. The molecule has 1 aliphatic rings. The van der Waals surface area contributed by atoms with Crippen LogP contribution in [0.3, 0.4) is 0 Å². The lowest BCUT2D eigenvalue weighted by molar-refractivity contribution is 0.247. The molecule has 1 heterocycles. The summed E-state index contributed by atoms with van der Waals surface area (Å²) in [6.45, 7) is 4.29. The minimum atomic E-state index is 0.460. The summed E-state index contributed by atoms with van der Waals surface area (Å²) in [6.07, 6.45) is 2.26. The molecule has 1 saturated heterocycles. The van der Waals surface area contributed by atoms with Gasteiger partial charge in [-0.1, -0.05) is 6.07 Å². The van der Waals surface area contributed by atoms with Crippen molar-refractivity contribution in [3.8, 4) is 5.75 Å². The van der Waals surface area contributed by atoms with Crippen molar-refractivity contribution >= 4 is 23.0 Å². The van der Waals surface area contributed by atoms with E-state index in [1.165, 1.54) is 5.56 Å². The number of ether oxygens (including phenoxy) is 1. The van der Waals surface area contributed by atoms with Crippen LogP contribution in [0.25, 0.3) is 0 Å². The van der Waals surface area contributed by atoms with Gasteiger partial charge in [0.15, 0.2) is 5.11 Å². The molecule has 1 aromatic rings. The summed E-state index contributed by atoms with van der Waals surface area (Å²) in [5, 5.41) is 7.31. The average molecular weight is 293 g/mol. The maximum atomic E-state index is 5.41. The van der Waals surface area contributed by atoms with E-state index in [4.69, 9.17) is 17.0 Å². The van der Waals surface area contributed by atoms with E-state index in [-0.39, 0.29) is 0 Å². The number of aryl methyl sites for hydroxylation is 1. The van der Waals surface area contributed by atoms with Crippen LogP contribution in [-0.4, -0.2) is 43.3 Å². The second-order valence-corrected chi connectivity index (χ2v) is 5.79. The number of hydrogen-bond donors (Lipinski definition) is 2. The third-order valence-electron chi connectivity index (χ3n) is 3.66. The van der Waals surface area contributed by atoms with Crippen LogP contribution >= 0.6 is 12.2 Å². The Labute approximate surface area is 126 Å². The number of benzene rings is 1. The van der Waals surface area contributed by atoms with E-state index in [0.29, 0.717) is 11.2 Å². The Morgan fingerprint density at radius 3 is 2.70 bits per heavy atom. The monoisotopic (exact) mass is 293 g/mol. The first-order valence-corrected chi connectivity index (χ1v) is 7.40. The van der Waals surface area contributed by atoms with E-state index in [0.717, 1.165) is 37.4 Å². The van der Waals surface area contributed by atoms with Crippen molar-refractivity contribution in [1.29, 1.82) is 0 Å². The highest BCUT2D eigenvalue weighted by Crippen LogP contribution is 2.25. The van der Waals surface area contributed by atoms with E-state index in [1.807, 2.05) is 18.2 Å². The van der Waals surface area contributed by atoms with Gasteiger partial charge in [0.05, 0.1) is 12.8 Å². The van der Waals surface area contributed by atoms with Gasteiger partial charge < -0.3 is 20.3 Å². The predicted molar refractivity (Wildman–Crippen MR) is 87.6 cm³/mol. The maximum Gasteiger partial charge on any atom is 0.171 e. The van der Waals surface area contributed by atoms with E-state index in [9.17, 15) is 0 Å². The van der Waals surface area contributed by atoms with Crippen molar-refractivity contribution in [3.05, 3.63) is 23.8 Å². The van der Waals surface area contributed by atoms with Crippen LogP contribution in [0.15, 0.2) is 18.2 Å². The van der Waals surface area contributed by atoms with E-state index in [2.05, 4.69) is 29.5 Å². The van der Waals surface area contributed by atoms with Crippen LogP contribution in [0.4, 0.5) is 5.69 Å². The molecule has 0 spiro atoms. The molecule has 0 aliphatic carbocycles. The summed E-state index contributed by atoms with van der Waals surface area (Å²) in [6, 6.07) is 6.48. The lowest BCUT2D eigenvalue weighted by atomic mass is 10.1. The van der Waals surface area contributed by atoms with Gasteiger partial charge in [0.1, 0.15) is 5.75 Å². The van der Waals surface area contributed by atoms with Crippen molar-refractivity contribution in [2.75, 3.05) is 32.6 Å². The fraction of sp³-hybridized carbons (Fsp3) is 0.533. The number of piperidine rings is 1. The lowest BCUT2D eigenvalue weighted by Crippen LogP contribution is -2.44. The highest BCUT2D eigenvalue weighted by molar-refractivity contribution is 7.80. The summed E-state index contributed by atoms with van der Waals surface area (Å²) in [4.78, 5) is 2.35. The van der Waals surface area contributed by atoms with Gasteiger partial charge in [0.2, 0.25) is 0 Å². The summed E-state index contributed by atoms with van der Waals surface area (Å²) in [7, 11) is 3.83. The summed E-state index contributed by atoms with van der Waals surface area (Å²) < 4.78 is 5.35. The quantitative estimate of drug-likeness (QED) is 0.837. The van der Waals surface area contributed by atoms with Crippen molar-refractivity contribution in [1.82, 2.24) is 10.2 Å². The number of likely N-dealkylation sites (tertiary alicyclic amines) is 1. The van der Waals surface area contributed by atoms with E-state index >= 15 is 0 Å². The number of methoxy groups -OCH3 is 1. The molecule has 0 radical (unpaired) electrons. The molecule has 110 valence electrons. The number of hydrogen-bond acceptors (Lipinski definition) is 3. The fourth-order valence-corrected chi connectivity index (χ4v) is 2.69. The van der Waals surface area contributed by atoms with E-state index in [1.54, 1.807) is 7.11 Å². The van der Waals surface area contributed by atoms with Crippen LogP contribution in [0.2, 0.25) is 0 Å². The van der Waals surface area contributed by atoms with Crippen molar-refractivity contribution in [3.63, 3.8) is 0 Å². The van der Waals surface area contributed by atoms with Gasteiger partial charge in [-0.25, -0.2) is 0 Å². The molecule has 1 fully saturated rings. The second kappa shape index (κ2) is 6.90. The highest BCUT2D eigenvalue weighted by Gasteiger charge is 2.17. The minimum absolute atomic E-state index is 0.460. The summed E-state index contributed by atoms with van der Waals surface area (Å²) in [5.41, 5.74) is 2.09. The molecule has 5 heteroatoms. The van der Waals surface area contributed by atoms with Crippen molar-refractivity contribution in [2.24, 2.45) is 0 Å². The minimum Gasteiger partial charge on any atom is -0.495 e. The van der Waals surface area contributed by atoms with Gasteiger partial charge in [-0.2, -0.15) is 0 Å². The number of nitrogens with zero attached hydrogens (tertiary/aromatic N) is 1. The molecule has 2 rings (SSSR count). The number of nitrogens with one attached hydrogen (secondary N) is 2. The molecule has 2 N–H and O–H groups in total. The number of anilines is 1. The van der Waals surface area contributed by atoms with Crippen LogP contribution in [0.1, 0.15) is 18.4 Å². The molecule has 1 aliphatic heterocycles. The van der Waals surface area contributed by atoms with Crippen molar-refractivity contribution in [2.45, 2.75) is 25.8 Å². The molecule has 20 heavy (non-hydrogen) atoms. The van der Waals surface area contributed by atoms with Gasteiger partial charge in [-0.05, 0) is 69.8 Å². The zero-order valence-corrected chi connectivity index (χ0v) is 13.2. The lowest BCUT2D eigenvalue weighted by Gasteiger charge is -2.30. The molecule has 4 nitrogen and oxygen atoms in total. The molecule has 1 aromatic carbocycles. The smallest absolute Gasteiger partial charge is 0.171 e. The van der Waals surface area contributed by atoms with Crippen molar-refractivity contribution < 1.29 is 4.74 Å². The molecule has 0 saturated carbocycles. The molecule has 0 unspecified atom stereocenters. The Balaban J connectivity index is 1.92. The van der Waals surface area contributed by atoms with Gasteiger partial charge in [0.25, 0.3) is 0 Å². The number of thiocarbonyl (C=S) groups is 1. The van der Waals surface area contributed by atoms with E-state index < -0.39 is 0 Å². The third kappa shape index (κ3) is 4.08. The fourth-order valence-electron chi connectivity index (χ4n) is 2.42. The standard InChI is InChI=1S/C15H23N3OS/c1-11-4-5-14(19-3)13(10-11)17-15(20)16-12-6-8-18(2)9-7-12/h4-5,10,12H,6-9H2,1-3H3,(H2,16,17,20). The first kappa shape index (κ1) is 15.1. The van der Waals surface area contributed by atoms with Gasteiger partial charge in [-0.3, -0.25) is 0 Å². The van der Waals surface area contributed by atoms with Crippen LogP contribution < -0.4 is 15.4 Å². The summed E-state index contributed by atoms with van der Waals surface area (Å²) >= 11 is 5.41. The first-order chi connectivity index (χ1) is 9.58. The number of rotatable bonds is 3. The Bertz CT molecular complexity index is 470. The third-order valence-corrected chi connectivity index (χ3v) is 3.88. The maximum absolute atomic E-state index is 5.41. The largest absolute Gasteiger partial charge is 0.495 e. The molecule has 0 bridgehead atoms. The highest BCUT2D eigenvalue weighted by atomic mass is 32.1. The Morgan fingerprint density at radius 1 is 1.35 bits per heavy atom. The van der Waals surface area contributed by atoms with Gasteiger partial charge in [0, 0.05) is 6.04 Å². The van der Waals surface area contributed by atoms with Crippen LogP contribution in [0, 0.1) is 6.92 Å². The normalized spacial score (nSPS) is 16.8. The van der Waals surface area contributed by atoms with Gasteiger partial charge in [-0.15, -0.1) is 0 Å². The Kier molecular flexibility index (Phi) is 5.20. The van der Waals surface area contributed by atoms with Gasteiger partial charge >= 0.3 is 0 Å². The summed E-state index contributed by atoms with van der Waals surface area (Å²) in [5.74, 6) is 0.808.